The number of benzene rings is 1. The molecule has 1 heterocycles. The molecule has 76 valence electrons. The van der Waals surface area contributed by atoms with Crippen molar-refractivity contribution in [3.05, 3.63) is 24.3 Å². The third-order valence-electron chi connectivity index (χ3n) is 2.79. The number of nitrogens with zero attached hydrogens (tertiary/aromatic N) is 1. The molecule has 0 unspecified atom stereocenters. The first kappa shape index (κ1) is 9.91. The summed E-state index contributed by atoms with van der Waals surface area (Å²) in [4.78, 5) is 3.85. The van der Waals surface area contributed by atoms with Crippen LogP contribution in [0, 0.1) is 0 Å². The quantitative estimate of drug-likeness (QED) is 0.684. The highest BCUT2D eigenvalue weighted by atomic mass is 32.2. The van der Waals surface area contributed by atoms with Crippen molar-refractivity contribution in [3.8, 4) is 0 Å². The van der Waals surface area contributed by atoms with E-state index in [-0.39, 0.29) is 0 Å². The van der Waals surface area contributed by atoms with E-state index in [4.69, 9.17) is 0 Å². The molecule has 2 rings (SSSR count). The van der Waals surface area contributed by atoms with Gasteiger partial charge in [0.25, 0.3) is 0 Å². The summed E-state index contributed by atoms with van der Waals surface area (Å²) in [7, 11) is 0. The summed E-state index contributed by atoms with van der Waals surface area (Å²) in [6.07, 6.45) is 6.23. The molecular formula is C12H17NS. The summed E-state index contributed by atoms with van der Waals surface area (Å²) in [6.45, 7) is 2.47. The normalized spacial score (nSPS) is 17.1. The number of hydrogen-bond donors (Lipinski definition) is 0. The zero-order valence-corrected chi connectivity index (χ0v) is 9.52. The standard InChI is InChI=1S/C12H17NS/c1-14-12-7-5-11(6-8-12)13-9-3-2-4-10-13/h5-8H,2-4,9-10H2,1H3. The number of hydrogen-bond acceptors (Lipinski definition) is 2. The first-order chi connectivity index (χ1) is 6.90. The molecule has 0 saturated carbocycles. The van der Waals surface area contributed by atoms with Crippen molar-refractivity contribution in [2.45, 2.75) is 24.2 Å². The minimum Gasteiger partial charge on any atom is -0.372 e. The molecule has 0 aliphatic carbocycles. The molecule has 1 aliphatic heterocycles. The van der Waals surface area contributed by atoms with Crippen LogP contribution in [0.15, 0.2) is 29.2 Å². The summed E-state index contributed by atoms with van der Waals surface area (Å²) >= 11 is 1.81. The van der Waals surface area contributed by atoms with Crippen LogP contribution in [0.25, 0.3) is 0 Å². The molecule has 14 heavy (non-hydrogen) atoms. The van der Waals surface area contributed by atoms with Gasteiger partial charge in [0.1, 0.15) is 0 Å². The minimum atomic E-state index is 1.23. The predicted molar refractivity (Wildman–Crippen MR) is 64.3 cm³/mol. The Morgan fingerprint density at radius 2 is 1.64 bits per heavy atom. The Bertz CT molecular complexity index is 275. The fourth-order valence-electron chi connectivity index (χ4n) is 1.95. The molecule has 0 atom stereocenters. The van der Waals surface area contributed by atoms with Crippen molar-refractivity contribution in [1.82, 2.24) is 0 Å². The van der Waals surface area contributed by atoms with Gasteiger partial charge in [-0.2, -0.15) is 0 Å². The second-order valence-corrected chi connectivity index (χ2v) is 4.63. The number of anilines is 1. The summed E-state index contributed by atoms with van der Waals surface area (Å²) in [5.74, 6) is 0. The Balaban J connectivity index is 2.07. The highest BCUT2D eigenvalue weighted by molar-refractivity contribution is 7.98. The van der Waals surface area contributed by atoms with E-state index in [2.05, 4.69) is 35.4 Å². The third-order valence-corrected chi connectivity index (χ3v) is 3.54. The predicted octanol–water partition coefficient (Wildman–Crippen LogP) is 3.40. The van der Waals surface area contributed by atoms with Crippen molar-refractivity contribution in [1.29, 1.82) is 0 Å². The van der Waals surface area contributed by atoms with E-state index in [1.165, 1.54) is 42.9 Å². The van der Waals surface area contributed by atoms with E-state index in [0.29, 0.717) is 0 Å². The van der Waals surface area contributed by atoms with Gasteiger partial charge in [0, 0.05) is 23.7 Å². The molecular weight excluding hydrogens is 190 g/mol. The van der Waals surface area contributed by atoms with Gasteiger partial charge in [-0.3, -0.25) is 0 Å². The van der Waals surface area contributed by atoms with Crippen LogP contribution in [0.2, 0.25) is 0 Å². The topological polar surface area (TPSA) is 3.24 Å². The summed E-state index contributed by atoms with van der Waals surface area (Å²) < 4.78 is 0. The van der Waals surface area contributed by atoms with Gasteiger partial charge in [-0.25, -0.2) is 0 Å². The van der Waals surface area contributed by atoms with Crippen LogP contribution in [0.4, 0.5) is 5.69 Å². The maximum absolute atomic E-state index is 2.49. The van der Waals surface area contributed by atoms with Gasteiger partial charge < -0.3 is 4.90 Å². The molecule has 0 bridgehead atoms. The molecule has 0 spiro atoms. The lowest BCUT2D eigenvalue weighted by Crippen LogP contribution is -2.29. The lowest BCUT2D eigenvalue weighted by molar-refractivity contribution is 0.578. The molecule has 1 aromatic rings. The van der Waals surface area contributed by atoms with E-state index < -0.39 is 0 Å². The van der Waals surface area contributed by atoms with Crippen LogP contribution in [0.3, 0.4) is 0 Å². The Kier molecular flexibility index (Phi) is 3.35. The van der Waals surface area contributed by atoms with Crippen molar-refractivity contribution >= 4 is 17.4 Å². The Hall–Kier alpha value is -0.630. The monoisotopic (exact) mass is 207 g/mol. The Morgan fingerprint density at radius 1 is 1.00 bits per heavy atom. The highest BCUT2D eigenvalue weighted by Gasteiger charge is 2.09. The summed E-state index contributed by atoms with van der Waals surface area (Å²) in [5, 5.41) is 0. The molecule has 0 radical (unpaired) electrons. The van der Waals surface area contributed by atoms with Gasteiger partial charge in [-0.15, -0.1) is 11.8 Å². The van der Waals surface area contributed by atoms with Gasteiger partial charge >= 0.3 is 0 Å². The lowest BCUT2D eigenvalue weighted by atomic mass is 10.1. The van der Waals surface area contributed by atoms with Crippen molar-refractivity contribution in [2.75, 3.05) is 24.2 Å². The molecule has 0 aromatic heterocycles. The minimum absolute atomic E-state index is 1.23. The second-order valence-electron chi connectivity index (χ2n) is 3.75. The fourth-order valence-corrected chi connectivity index (χ4v) is 2.35. The van der Waals surface area contributed by atoms with Crippen LogP contribution in [-0.2, 0) is 0 Å². The molecule has 1 aromatic carbocycles. The molecule has 0 amide bonds. The van der Waals surface area contributed by atoms with E-state index in [9.17, 15) is 0 Å². The van der Waals surface area contributed by atoms with Gasteiger partial charge in [-0.1, -0.05) is 0 Å². The van der Waals surface area contributed by atoms with Crippen LogP contribution < -0.4 is 4.90 Å². The molecule has 0 N–H and O–H groups in total. The molecule has 1 saturated heterocycles. The van der Waals surface area contributed by atoms with Gasteiger partial charge in [0.15, 0.2) is 0 Å². The van der Waals surface area contributed by atoms with E-state index in [1.807, 2.05) is 0 Å². The average Bonchev–Trinajstić information content (AvgIpc) is 2.30. The number of piperidine rings is 1. The van der Waals surface area contributed by atoms with Crippen molar-refractivity contribution < 1.29 is 0 Å². The Morgan fingerprint density at radius 3 is 2.21 bits per heavy atom. The van der Waals surface area contributed by atoms with Crippen molar-refractivity contribution in [2.24, 2.45) is 0 Å². The first-order valence-corrected chi connectivity index (χ1v) is 6.51. The maximum atomic E-state index is 2.49. The smallest absolute Gasteiger partial charge is 0.0366 e. The van der Waals surface area contributed by atoms with Crippen LogP contribution in [-0.4, -0.2) is 19.3 Å². The van der Waals surface area contributed by atoms with Gasteiger partial charge in [0.05, 0.1) is 0 Å². The Labute approximate surface area is 90.5 Å². The largest absolute Gasteiger partial charge is 0.372 e. The first-order valence-electron chi connectivity index (χ1n) is 5.29. The number of thioether (sulfide) groups is 1. The van der Waals surface area contributed by atoms with Crippen molar-refractivity contribution in [3.63, 3.8) is 0 Å². The van der Waals surface area contributed by atoms with E-state index in [0.717, 1.165) is 0 Å². The van der Waals surface area contributed by atoms with Gasteiger partial charge in [-0.05, 0) is 49.8 Å². The second kappa shape index (κ2) is 4.74. The number of rotatable bonds is 2. The van der Waals surface area contributed by atoms with E-state index in [1.54, 1.807) is 11.8 Å². The zero-order chi connectivity index (χ0) is 9.80. The SMILES string of the molecule is CSc1ccc(N2CCCCC2)cc1. The molecule has 1 fully saturated rings. The lowest BCUT2D eigenvalue weighted by Gasteiger charge is -2.28. The maximum Gasteiger partial charge on any atom is 0.0366 e. The third kappa shape index (κ3) is 2.24. The zero-order valence-electron chi connectivity index (χ0n) is 8.70. The molecule has 1 aliphatic rings. The average molecular weight is 207 g/mol. The molecule has 2 heteroatoms. The summed E-state index contributed by atoms with van der Waals surface area (Å²) in [5.41, 5.74) is 1.39. The van der Waals surface area contributed by atoms with Gasteiger partial charge in [0.2, 0.25) is 0 Å². The molecule has 1 nitrogen and oxygen atoms in total. The van der Waals surface area contributed by atoms with Crippen LogP contribution in [0.5, 0.6) is 0 Å². The van der Waals surface area contributed by atoms with Crippen LogP contribution in [0.1, 0.15) is 19.3 Å². The summed E-state index contributed by atoms with van der Waals surface area (Å²) in [6, 6.07) is 8.93. The highest BCUT2D eigenvalue weighted by Crippen LogP contribution is 2.23. The van der Waals surface area contributed by atoms with Crippen LogP contribution >= 0.6 is 11.8 Å². The fraction of sp³-hybridized carbons (Fsp3) is 0.500. The van der Waals surface area contributed by atoms with E-state index >= 15 is 0 Å².